The van der Waals surface area contributed by atoms with E-state index in [1.165, 1.54) is 0 Å². The minimum Gasteiger partial charge on any atom is -0.492 e. The number of hydrogen-bond donors (Lipinski definition) is 3. The fraction of sp³-hybridized carbons (Fsp3) is 0.467. The van der Waals surface area contributed by atoms with Gasteiger partial charge in [-0.2, -0.15) is 0 Å². The largest absolute Gasteiger partial charge is 0.492 e. The molecule has 0 radical (unpaired) electrons. The van der Waals surface area contributed by atoms with Crippen molar-refractivity contribution in [1.82, 2.24) is 5.32 Å². The van der Waals surface area contributed by atoms with E-state index in [0.29, 0.717) is 44.6 Å². The van der Waals surface area contributed by atoms with Gasteiger partial charge in [0, 0.05) is 31.6 Å². The Balaban J connectivity index is 2.29. The van der Waals surface area contributed by atoms with Gasteiger partial charge < -0.3 is 21.1 Å². The molecule has 0 aliphatic heterocycles. The molecule has 6 nitrogen and oxygen atoms in total. The van der Waals surface area contributed by atoms with Crippen LogP contribution in [0.1, 0.15) is 26.2 Å². The molecule has 0 bridgehead atoms. The first-order valence-electron chi connectivity index (χ1n) is 7.15. The summed E-state index contributed by atoms with van der Waals surface area (Å²) in [6.07, 6.45) is 1.23. The number of carbonyl (C=O) groups excluding carboxylic acids is 2. The third-order valence-corrected chi connectivity index (χ3v) is 2.71. The first-order chi connectivity index (χ1) is 10.2. The van der Waals surface area contributed by atoms with Gasteiger partial charge in [-0.15, -0.1) is 0 Å². The molecule has 0 aliphatic carbocycles. The van der Waals surface area contributed by atoms with Crippen molar-refractivity contribution in [3.63, 3.8) is 0 Å². The van der Waals surface area contributed by atoms with E-state index in [9.17, 15) is 9.59 Å². The molecule has 0 aromatic heterocycles. The number of nitrogens with one attached hydrogen (secondary N) is 2. The van der Waals surface area contributed by atoms with Crippen LogP contribution in [-0.4, -0.2) is 31.5 Å². The van der Waals surface area contributed by atoms with Crippen molar-refractivity contribution in [2.75, 3.05) is 25.0 Å². The van der Waals surface area contributed by atoms with Crippen molar-refractivity contribution < 1.29 is 14.3 Å². The molecule has 0 saturated heterocycles. The Labute approximate surface area is 125 Å². The maximum absolute atomic E-state index is 11.7. The number of hydrogen-bond acceptors (Lipinski definition) is 4. The molecular formula is C15H23N3O3. The van der Waals surface area contributed by atoms with Crippen LogP contribution >= 0.6 is 0 Å². The summed E-state index contributed by atoms with van der Waals surface area (Å²) in [5.41, 5.74) is 6.05. The summed E-state index contributed by atoms with van der Waals surface area (Å²) < 4.78 is 5.35. The number of carbonyl (C=O) groups is 2. The molecule has 0 spiro atoms. The van der Waals surface area contributed by atoms with E-state index in [1.807, 2.05) is 6.92 Å². The van der Waals surface area contributed by atoms with Crippen LogP contribution in [0.4, 0.5) is 5.69 Å². The second-order valence-electron chi connectivity index (χ2n) is 4.52. The van der Waals surface area contributed by atoms with Crippen molar-refractivity contribution >= 4 is 17.5 Å². The molecule has 0 saturated carbocycles. The van der Waals surface area contributed by atoms with Crippen molar-refractivity contribution in [2.24, 2.45) is 5.73 Å². The SMILES string of the molecule is CCNC(=O)CCCC(=O)Nc1ccc(OCCN)cc1. The number of ether oxygens (including phenoxy) is 1. The maximum Gasteiger partial charge on any atom is 0.224 e. The lowest BCUT2D eigenvalue weighted by Crippen LogP contribution is -2.22. The molecule has 0 aliphatic rings. The van der Waals surface area contributed by atoms with Crippen LogP contribution in [0.15, 0.2) is 24.3 Å². The van der Waals surface area contributed by atoms with E-state index in [-0.39, 0.29) is 11.8 Å². The van der Waals surface area contributed by atoms with Gasteiger partial charge in [-0.3, -0.25) is 9.59 Å². The third kappa shape index (κ3) is 7.31. The lowest BCUT2D eigenvalue weighted by atomic mass is 10.2. The van der Waals surface area contributed by atoms with Crippen molar-refractivity contribution in [1.29, 1.82) is 0 Å². The molecule has 6 heteroatoms. The fourth-order valence-electron chi connectivity index (χ4n) is 1.73. The quantitative estimate of drug-likeness (QED) is 0.639. The Hall–Kier alpha value is -2.08. The Kier molecular flexibility index (Phi) is 7.89. The van der Waals surface area contributed by atoms with Crippen molar-refractivity contribution in [2.45, 2.75) is 26.2 Å². The molecule has 21 heavy (non-hydrogen) atoms. The summed E-state index contributed by atoms with van der Waals surface area (Å²) in [4.78, 5) is 23.0. The topological polar surface area (TPSA) is 93.5 Å². The molecule has 1 rings (SSSR count). The van der Waals surface area contributed by atoms with Gasteiger partial charge in [0.05, 0.1) is 0 Å². The van der Waals surface area contributed by atoms with Gasteiger partial charge >= 0.3 is 0 Å². The predicted molar refractivity (Wildman–Crippen MR) is 82.2 cm³/mol. The van der Waals surface area contributed by atoms with Crippen LogP contribution in [0.25, 0.3) is 0 Å². The van der Waals surface area contributed by atoms with Gasteiger partial charge in [0.2, 0.25) is 11.8 Å². The molecule has 0 unspecified atom stereocenters. The van der Waals surface area contributed by atoms with Crippen molar-refractivity contribution in [3.05, 3.63) is 24.3 Å². The van der Waals surface area contributed by atoms with Crippen LogP contribution in [0.2, 0.25) is 0 Å². The van der Waals surface area contributed by atoms with Crippen LogP contribution < -0.4 is 21.1 Å². The molecule has 0 atom stereocenters. The van der Waals surface area contributed by atoms with Gasteiger partial charge in [0.1, 0.15) is 12.4 Å². The number of benzene rings is 1. The monoisotopic (exact) mass is 293 g/mol. The zero-order valence-electron chi connectivity index (χ0n) is 12.4. The molecule has 1 aromatic rings. The highest BCUT2D eigenvalue weighted by atomic mass is 16.5. The number of nitrogens with two attached hydrogens (primary N) is 1. The maximum atomic E-state index is 11.7. The summed E-state index contributed by atoms with van der Waals surface area (Å²) in [7, 11) is 0. The lowest BCUT2D eigenvalue weighted by molar-refractivity contribution is -0.121. The van der Waals surface area contributed by atoms with Gasteiger partial charge in [-0.25, -0.2) is 0 Å². The predicted octanol–water partition coefficient (Wildman–Crippen LogP) is 1.27. The average molecular weight is 293 g/mol. The number of anilines is 1. The summed E-state index contributed by atoms with van der Waals surface area (Å²) >= 11 is 0. The minimum atomic E-state index is -0.102. The second kappa shape index (κ2) is 9.77. The first-order valence-corrected chi connectivity index (χ1v) is 7.15. The summed E-state index contributed by atoms with van der Waals surface area (Å²) in [5.74, 6) is 0.594. The Bertz CT molecular complexity index is 446. The molecule has 1 aromatic carbocycles. The van der Waals surface area contributed by atoms with E-state index >= 15 is 0 Å². The zero-order valence-corrected chi connectivity index (χ0v) is 12.4. The molecule has 4 N–H and O–H groups in total. The summed E-state index contributed by atoms with van der Waals surface area (Å²) in [6, 6.07) is 7.10. The van der Waals surface area contributed by atoms with E-state index in [4.69, 9.17) is 10.5 Å². The standard InChI is InChI=1S/C15H23N3O3/c1-2-17-14(19)4-3-5-15(20)18-12-6-8-13(9-7-12)21-11-10-16/h6-9H,2-5,10-11,16H2,1H3,(H,17,19)(H,18,20). The van der Waals surface area contributed by atoms with Gasteiger partial charge in [-0.1, -0.05) is 0 Å². The Morgan fingerprint density at radius 2 is 1.81 bits per heavy atom. The molecule has 116 valence electrons. The number of amides is 2. The van der Waals surface area contributed by atoms with Crippen molar-refractivity contribution in [3.8, 4) is 5.75 Å². The van der Waals surface area contributed by atoms with E-state index in [1.54, 1.807) is 24.3 Å². The third-order valence-electron chi connectivity index (χ3n) is 2.71. The first kappa shape index (κ1) is 17.0. The van der Waals surface area contributed by atoms with E-state index in [2.05, 4.69) is 10.6 Å². The smallest absolute Gasteiger partial charge is 0.224 e. The molecule has 0 heterocycles. The van der Waals surface area contributed by atoms with Crippen LogP contribution in [-0.2, 0) is 9.59 Å². The zero-order chi connectivity index (χ0) is 15.5. The number of rotatable bonds is 9. The van der Waals surface area contributed by atoms with Crippen LogP contribution in [0, 0.1) is 0 Å². The molecular weight excluding hydrogens is 270 g/mol. The van der Waals surface area contributed by atoms with Gasteiger partial charge in [0.25, 0.3) is 0 Å². The second-order valence-corrected chi connectivity index (χ2v) is 4.52. The Morgan fingerprint density at radius 3 is 2.43 bits per heavy atom. The summed E-state index contributed by atoms with van der Waals surface area (Å²) in [6.45, 7) is 3.41. The minimum absolute atomic E-state index is 0.0216. The van der Waals surface area contributed by atoms with E-state index < -0.39 is 0 Å². The van der Waals surface area contributed by atoms with E-state index in [0.717, 1.165) is 5.75 Å². The van der Waals surface area contributed by atoms with Crippen LogP contribution in [0.3, 0.4) is 0 Å². The summed E-state index contributed by atoms with van der Waals surface area (Å²) in [5, 5.41) is 5.48. The highest BCUT2D eigenvalue weighted by Gasteiger charge is 2.05. The lowest BCUT2D eigenvalue weighted by Gasteiger charge is -2.07. The highest BCUT2D eigenvalue weighted by molar-refractivity contribution is 5.91. The molecule has 2 amide bonds. The van der Waals surface area contributed by atoms with Gasteiger partial charge in [0.15, 0.2) is 0 Å². The normalized spacial score (nSPS) is 10.0. The van der Waals surface area contributed by atoms with Gasteiger partial charge in [-0.05, 0) is 37.6 Å². The fourth-order valence-corrected chi connectivity index (χ4v) is 1.73. The Morgan fingerprint density at radius 1 is 1.14 bits per heavy atom. The molecule has 0 fully saturated rings. The highest BCUT2D eigenvalue weighted by Crippen LogP contribution is 2.15. The van der Waals surface area contributed by atoms with Crippen LogP contribution in [0.5, 0.6) is 5.75 Å². The average Bonchev–Trinajstić information content (AvgIpc) is 2.47.